The predicted octanol–water partition coefficient (Wildman–Crippen LogP) is 1.74. The number of ether oxygens (including phenoxy) is 1. The van der Waals surface area contributed by atoms with Crippen molar-refractivity contribution in [1.82, 2.24) is 5.32 Å². The molecule has 0 fully saturated rings. The number of hydrogen-bond donors (Lipinski definition) is 2. The lowest BCUT2D eigenvalue weighted by atomic mass is 10.1. The Morgan fingerprint density at radius 1 is 1.28 bits per heavy atom. The van der Waals surface area contributed by atoms with Crippen LogP contribution in [-0.4, -0.2) is 23.7 Å². The van der Waals surface area contributed by atoms with Gasteiger partial charge in [-0.2, -0.15) is 0 Å². The highest BCUT2D eigenvalue weighted by atomic mass is 16.6. The highest BCUT2D eigenvalue weighted by Gasteiger charge is 2.12. The molecule has 96 valence electrons. The van der Waals surface area contributed by atoms with Gasteiger partial charge in [0.05, 0.1) is 6.42 Å². The van der Waals surface area contributed by atoms with E-state index < -0.39 is 12.1 Å². The van der Waals surface area contributed by atoms with Crippen molar-refractivity contribution in [2.75, 3.05) is 6.54 Å². The van der Waals surface area contributed by atoms with Crippen molar-refractivity contribution < 1.29 is 19.4 Å². The average Bonchev–Trinajstić information content (AvgIpc) is 2.75. The van der Waals surface area contributed by atoms with Crippen LogP contribution in [0.5, 0.6) is 5.75 Å². The van der Waals surface area contributed by atoms with Gasteiger partial charge >= 0.3 is 12.1 Å². The number of benzene rings is 1. The Kier molecular flexibility index (Phi) is 3.82. The zero-order valence-electron chi connectivity index (χ0n) is 9.94. The normalized spacial score (nSPS) is 12.9. The van der Waals surface area contributed by atoms with Gasteiger partial charge in [0.15, 0.2) is 0 Å². The first kappa shape index (κ1) is 12.4. The van der Waals surface area contributed by atoms with Crippen molar-refractivity contribution in [1.29, 1.82) is 0 Å². The van der Waals surface area contributed by atoms with Gasteiger partial charge in [-0.05, 0) is 42.5 Å². The molecule has 1 amide bonds. The van der Waals surface area contributed by atoms with E-state index >= 15 is 0 Å². The number of carbonyl (C=O) groups is 2. The first-order chi connectivity index (χ1) is 8.65. The number of hydrogen-bond acceptors (Lipinski definition) is 3. The molecule has 2 rings (SSSR count). The number of carboxylic acid groups (broad SMARTS) is 1. The predicted molar refractivity (Wildman–Crippen MR) is 64.7 cm³/mol. The number of carboxylic acids is 1. The van der Waals surface area contributed by atoms with Crippen LogP contribution in [0.25, 0.3) is 0 Å². The second kappa shape index (κ2) is 5.53. The molecule has 0 aliphatic heterocycles. The number of aliphatic carboxylic acids is 1. The van der Waals surface area contributed by atoms with Crippen molar-refractivity contribution in [3.8, 4) is 5.75 Å². The molecule has 5 nitrogen and oxygen atoms in total. The summed E-state index contributed by atoms with van der Waals surface area (Å²) in [6.07, 6.45) is 2.52. The van der Waals surface area contributed by atoms with Crippen molar-refractivity contribution in [2.24, 2.45) is 0 Å². The Balaban J connectivity index is 1.85. The highest BCUT2D eigenvalue weighted by molar-refractivity contribution is 5.72. The lowest BCUT2D eigenvalue weighted by molar-refractivity contribution is -0.136. The second-order valence-corrected chi connectivity index (χ2v) is 4.24. The Labute approximate surface area is 105 Å². The van der Waals surface area contributed by atoms with Crippen LogP contribution in [0.15, 0.2) is 18.2 Å². The topological polar surface area (TPSA) is 75.6 Å². The fraction of sp³-hybridized carbons (Fsp3) is 0.385. The molecule has 0 atom stereocenters. The number of aryl methyl sites for hydroxylation is 2. The van der Waals surface area contributed by atoms with Gasteiger partial charge in [0.2, 0.25) is 0 Å². The van der Waals surface area contributed by atoms with Crippen LogP contribution in [-0.2, 0) is 17.6 Å². The maximum absolute atomic E-state index is 11.4. The molecule has 5 heteroatoms. The maximum atomic E-state index is 11.4. The smallest absolute Gasteiger partial charge is 0.412 e. The summed E-state index contributed by atoms with van der Waals surface area (Å²) in [5, 5.41) is 10.8. The van der Waals surface area contributed by atoms with E-state index in [-0.39, 0.29) is 13.0 Å². The van der Waals surface area contributed by atoms with Gasteiger partial charge < -0.3 is 15.2 Å². The van der Waals surface area contributed by atoms with Crippen LogP contribution in [0.4, 0.5) is 4.79 Å². The fourth-order valence-corrected chi connectivity index (χ4v) is 2.03. The third kappa shape index (κ3) is 3.23. The summed E-state index contributed by atoms with van der Waals surface area (Å²) in [6.45, 7) is 0.0686. The molecule has 0 bridgehead atoms. The number of carbonyl (C=O) groups excluding carboxylic acids is 1. The molecule has 1 aromatic rings. The van der Waals surface area contributed by atoms with Crippen LogP contribution in [0, 0.1) is 0 Å². The SMILES string of the molecule is O=C(O)CCNC(=O)Oc1ccc2c(c1)CCC2. The van der Waals surface area contributed by atoms with E-state index in [1.54, 1.807) is 6.07 Å². The zero-order chi connectivity index (χ0) is 13.0. The molecule has 0 saturated carbocycles. The summed E-state index contributed by atoms with van der Waals surface area (Å²) >= 11 is 0. The van der Waals surface area contributed by atoms with Crippen molar-refractivity contribution in [2.45, 2.75) is 25.7 Å². The van der Waals surface area contributed by atoms with E-state index in [1.165, 1.54) is 11.1 Å². The van der Waals surface area contributed by atoms with Crippen molar-refractivity contribution >= 4 is 12.1 Å². The summed E-state index contributed by atoms with van der Waals surface area (Å²) in [7, 11) is 0. The van der Waals surface area contributed by atoms with E-state index in [2.05, 4.69) is 5.32 Å². The van der Waals surface area contributed by atoms with E-state index in [9.17, 15) is 9.59 Å². The Morgan fingerprint density at radius 2 is 2.06 bits per heavy atom. The number of amides is 1. The molecule has 1 aliphatic rings. The van der Waals surface area contributed by atoms with E-state index in [0.717, 1.165) is 19.3 Å². The van der Waals surface area contributed by atoms with E-state index in [4.69, 9.17) is 9.84 Å². The Morgan fingerprint density at radius 3 is 2.83 bits per heavy atom. The number of nitrogens with one attached hydrogen (secondary N) is 1. The first-order valence-corrected chi connectivity index (χ1v) is 5.94. The summed E-state index contributed by atoms with van der Waals surface area (Å²) < 4.78 is 5.08. The van der Waals surface area contributed by atoms with Gasteiger partial charge in [-0.25, -0.2) is 4.79 Å². The van der Waals surface area contributed by atoms with Gasteiger partial charge in [-0.15, -0.1) is 0 Å². The summed E-state index contributed by atoms with van der Waals surface area (Å²) in [6, 6.07) is 5.61. The molecule has 0 spiro atoms. The van der Waals surface area contributed by atoms with Crippen LogP contribution in [0.1, 0.15) is 24.0 Å². The van der Waals surface area contributed by atoms with Gasteiger partial charge in [-0.1, -0.05) is 6.07 Å². The molecule has 0 radical (unpaired) electrons. The lowest BCUT2D eigenvalue weighted by Crippen LogP contribution is -2.28. The highest BCUT2D eigenvalue weighted by Crippen LogP contribution is 2.25. The Hall–Kier alpha value is -2.04. The standard InChI is InChI=1S/C13H15NO4/c15-12(16)6-7-14-13(17)18-11-5-4-9-2-1-3-10(9)8-11/h4-5,8H,1-3,6-7H2,(H,14,17)(H,15,16). The molecule has 0 aromatic heterocycles. The van der Waals surface area contributed by atoms with E-state index in [1.807, 2.05) is 12.1 Å². The van der Waals surface area contributed by atoms with Gasteiger partial charge in [0.1, 0.15) is 5.75 Å². The van der Waals surface area contributed by atoms with Crippen molar-refractivity contribution in [3.05, 3.63) is 29.3 Å². The molecular formula is C13H15NO4. The van der Waals surface area contributed by atoms with E-state index in [0.29, 0.717) is 5.75 Å². The minimum absolute atomic E-state index is 0.0686. The van der Waals surface area contributed by atoms with Gasteiger partial charge in [0.25, 0.3) is 0 Å². The van der Waals surface area contributed by atoms with Crippen LogP contribution in [0.2, 0.25) is 0 Å². The van der Waals surface area contributed by atoms with Crippen LogP contribution >= 0.6 is 0 Å². The van der Waals surface area contributed by atoms with Crippen LogP contribution in [0.3, 0.4) is 0 Å². The molecule has 1 aliphatic carbocycles. The molecule has 2 N–H and O–H groups in total. The molecule has 0 heterocycles. The third-order valence-electron chi connectivity index (χ3n) is 2.89. The largest absolute Gasteiger partial charge is 0.481 e. The fourth-order valence-electron chi connectivity index (χ4n) is 2.03. The minimum Gasteiger partial charge on any atom is -0.481 e. The molecule has 18 heavy (non-hydrogen) atoms. The quantitative estimate of drug-likeness (QED) is 0.852. The summed E-state index contributed by atoms with van der Waals surface area (Å²) in [5.41, 5.74) is 2.54. The number of rotatable bonds is 4. The van der Waals surface area contributed by atoms with Gasteiger partial charge in [-0.3, -0.25) is 4.79 Å². The monoisotopic (exact) mass is 249 g/mol. The number of fused-ring (bicyclic) bond motifs is 1. The molecule has 0 unspecified atom stereocenters. The first-order valence-electron chi connectivity index (χ1n) is 5.94. The minimum atomic E-state index is -0.951. The third-order valence-corrected chi connectivity index (χ3v) is 2.89. The van der Waals surface area contributed by atoms with Gasteiger partial charge in [0, 0.05) is 6.54 Å². The molecule has 0 saturated heterocycles. The zero-order valence-corrected chi connectivity index (χ0v) is 9.94. The lowest BCUT2D eigenvalue weighted by Gasteiger charge is -2.07. The van der Waals surface area contributed by atoms with Crippen molar-refractivity contribution in [3.63, 3.8) is 0 Å². The molecular weight excluding hydrogens is 234 g/mol. The second-order valence-electron chi connectivity index (χ2n) is 4.24. The average molecular weight is 249 g/mol. The van der Waals surface area contributed by atoms with Crippen LogP contribution < -0.4 is 10.1 Å². The summed E-state index contributed by atoms with van der Waals surface area (Å²) in [5.74, 6) is -0.448. The Bertz CT molecular complexity index is 470. The molecule has 1 aromatic carbocycles. The maximum Gasteiger partial charge on any atom is 0.412 e. The summed E-state index contributed by atoms with van der Waals surface area (Å²) in [4.78, 5) is 21.6.